The van der Waals surface area contributed by atoms with Gasteiger partial charge >= 0.3 is 12.5 Å². The van der Waals surface area contributed by atoms with E-state index < -0.39 is 12.5 Å². The first kappa shape index (κ1) is 15.5. The number of alkyl halides is 3. The smallest absolute Gasteiger partial charge is 0.445 e. The standard InChI is InChI=1S/C15H15F3N2O3/c16-15(17,18)23-13-3-1-10(2-4-13)9-22-14(21)20-7-11-5-19-6-12(11)8-20/h1-5,12,19H,6-9H2/t12-/m0/s1. The number of benzene rings is 1. The Morgan fingerprint density at radius 1 is 1.30 bits per heavy atom. The molecule has 0 saturated carbocycles. The number of halogens is 3. The van der Waals surface area contributed by atoms with Crippen LogP contribution in [-0.2, 0) is 11.3 Å². The molecule has 1 fully saturated rings. The van der Waals surface area contributed by atoms with E-state index in [1.807, 2.05) is 6.20 Å². The van der Waals surface area contributed by atoms with Gasteiger partial charge in [-0.15, -0.1) is 13.2 Å². The highest BCUT2D eigenvalue weighted by Crippen LogP contribution is 2.26. The van der Waals surface area contributed by atoms with Crippen molar-refractivity contribution in [3.05, 3.63) is 41.6 Å². The molecule has 23 heavy (non-hydrogen) atoms. The van der Waals surface area contributed by atoms with Gasteiger partial charge in [0.05, 0.1) is 0 Å². The van der Waals surface area contributed by atoms with Crippen LogP contribution in [0.15, 0.2) is 36.0 Å². The third-order valence-electron chi connectivity index (χ3n) is 3.77. The van der Waals surface area contributed by atoms with Gasteiger partial charge in [-0.25, -0.2) is 4.79 Å². The van der Waals surface area contributed by atoms with E-state index in [0.717, 1.165) is 6.54 Å². The molecule has 1 amide bonds. The van der Waals surface area contributed by atoms with E-state index in [0.29, 0.717) is 24.6 Å². The molecule has 8 heteroatoms. The van der Waals surface area contributed by atoms with Gasteiger partial charge in [-0.05, 0) is 29.5 Å². The van der Waals surface area contributed by atoms with Crippen molar-refractivity contribution in [1.82, 2.24) is 10.2 Å². The maximum atomic E-state index is 12.1. The van der Waals surface area contributed by atoms with Crippen LogP contribution in [0.25, 0.3) is 0 Å². The lowest BCUT2D eigenvalue weighted by Crippen LogP contribution is -2.30. The van der Waals surface area contributed by atoms with Gasteiger partial charge in [0.15, 0.2) is 0 Å². The number of nitrogens with zero attached hydrogens (tertiary/aromatic N) is 1. The highest BCUT2D eigenvalue weighted by molar-refractivity contribution is 5.69. The molecule has 124 valence electrons. The largest absolute Gasteiger partial charge is 0.573 e. The maximum absolute atomic E-state index is 12.1. The maximum Gasteiger partial charge on any atom is 0.573 e. The topological polar surface area (TPSA) is 50.8 Å². The summed E-state index contributed by atoms with van der Waals surface area (Å²) in [7, 11) is 0. The van der Waals surface area contributed by atoms with Crippen molar-refractivity contribution in [2.75, 3.05) is 19.6 Å². The molecule has 3 rings (SSSR count). The molecule has 1 aromatic rings. The predicted molar refractivity (Wildman–Crippen MR) is 74.5 cm³/mol. The Labute approximate surface area is 130 Å². The number of hydrogen-bond acceptors (Lipinski definition) is 4. The summed E-state index contributed by atoms with van der Waals surface area (Å²) in [5.41, 5.74) is 1.78. The number of amides is 1. The van der Waals surface area contributed by atoms with E-state index in [2.05, 4.69) is 10.1 Å². The minimum absolute atomic E-state index is 0.00357. The van der Waals surface area contributed by atoms with Gasteiger partial charge in [-0.3, -0.25) is 0 Å². The SMILES string of the molecule is O=C(OCc1ccc(OC(F)(F)F)cc1)N1CC2=CNC[C@H]2C1. The second-order valence-corrected chi connectivity index (χ2v) is 5.45. The van der Waals surface area contributed by atoms with Crippen LogP contribution in [0, 0.1) is 5.92 Å². The number of fused-ring (bicyclic) bond motifs is 1. The molecule has 1 atom stereocenters. The lowest BCUT2D eigenvalue weighted by Gasteiger charge is -2.16. The van der Waals surface area contributed by atoms with Crippen molar-refractivity contribution in [2.24, 2.45) is 5.92 Å². The number of nitrogens with one attached hydrogen (secondary N) is 1. The van der Waals surface area contributed by atoms with Crippen molar-refractivity contribution >= 4 is 6.09 Å². The minimum atomic E-state index is -4.72. The van der Waals surface area contributed by atoms with Crippen molar-refractivity contribution in [2.45, 2.75) is 13.0 Å². The summed E-state index contributed by atoms with van der Waals surface area (Å²) in [5.74, 6) is 0.0423. The van der Waals surface area contributed by atoms with Gasteiger partial charge in [0, 0.05) is 25.6 Å². The van der Waals surface area contributed by atoms with Crippen LogP contribution < -0.4 is 10.1 Å². The monoisotopic (exact) mass is 328 g/mol. The Bertz CT molecular complexity index is 613. The van der Waals surface area contributed by atoms with Crippen LogP contribution in [-0.4, -0.2) is 37.0 Å². The molecule has 2 heterocycles. The molecule has 1 saturated heterocycles. The number of likely N-dealkylation sites (tertiary alicyclic amines) is 1. The fourth-order valence-corrected chi connectivity index (χ4v) is 2.65. The van der Waals surface area contributed by atoms with Crippen LogP contribution in [0.5, 0.6) is 5.75 Å². The molecule has 0 radical (unpaired) electrons. The third kappa shape index (κ3) is 3.88. The van der Waals surface area contributed by atoms with E-state index in [-0.39, 0.29) is 12.4 Å². The second kappa shape index (κ2) is 6.02. The van der Waals surface area contributed by atoms with Gasteiger partial charge in [0.1, 0.15) is 12.4 Å². The van der Waals surface area contributed by atoms with Crippen molar-refractivity contribution < 1.29 is 27.4 Å². The van der Waals surface area contributed by atoms with Crippen LogP contribution in [0.1, 0.15) is 5.56 Å². The molecule has 0 unspecified atom stereocenters. The molecule has 0 aromatic heterocycles. The van der Waals surface area contributed by atoms with Gasteiger partial charge in [0.25, 0.3) is 0 Å². The molecule has 0 bridgehead atoms. The van der Waals surface area contributed by atoms with Crippen LogP contribution in [0.4, 0.5) is 18.0 Å². The van der Waals surface area contributed by atoms with E-state index in [4.69, 9.17) is 4.74 Å². The lowest BCUT2D eigenvalue weighted by molar-refractivity contribution is -0.274. The fraction of sp³-hybridized carbons (Fsp3) is 0.400. The summed E-state index contributed by atoms with van der Waals surface area (Å²) in [6.45, 7) is 2.01. The average Bonchev–Trinajstić information content (AvgIpc) is 3.05. The molecular weight excluding hydrogens is 313 g/mol. The van der Waals surface area contributed by atoms with Crippen LogP contribution in [0.3, 0.4) is 0 Å². The quantitative estimate of drug-likeness (QED) is 0.927. The van der Waals surface area contributed by atoms with Crippen molar-refractivity contribution in [1.29, 1.82) is 0 Å². The van der Waals surface area contributed by atoms with Gasteiger partial charge in [-0.2, -0.15) is 0 Å². The summed E-state index contributed by atoms with van der Waals surface area (Å²) in [6.07, 6.45) is -3.21. The van der Waals surface area contributed by atoms with Gasteiger partial charge in [0.2, 0.25) is 0 Å². The molecule has 5 nitrogen and oxygen atoms in total. The number of carbonyl (C=O) groups is 1. The first-order chi connectivity index (χ1) is 10.9. The minimum Gasteiger partial charge on any atom is -0.445 e. The van der Waals surface area contributed by atoms with Crippen molar-refractivity contribution in [3.8, 4) is 5.75 Å². The summed E-state index contributed by atoms with van der Waals surface area (Å²) in [4.78, 5) is 13.6. The zero-order valence-corrected chi connectivity index (χ0v) is 12.1. The van der Waals surface area contributed by atoms with Crippen molar-refractivity contribution in [3.63, 3.8) is 0 Å². The lowest BCUT2D eigenvalue weighted by atomic mass is 10.1. The Kier molecular flexibility index (Phi) is 4.06. The summed E-state index contributed by atoms with van der Waals surface area (Å²) in [5, 5.41) is 3.13. The highest BCUT2D eigenvalue weighted by atomic mass is 19.4. The summed E-state index contributed by atoms with van der Waals surface area (Å²) in [6, 6.07) is 5.24. The number of rotatable bonds is 3. The van der Waals surface area contributed by atoms with E-state index in [1.54, 1.807) is 4.90 Å². The Morgan fingerprint density at radius 2 is 2.04 bits per heavy atom. The molecule has 1 aromatic carbocycles. The second-order valence-electron chi connectivity index (χ2n) is 5.45. The first-order valence-corrected chi connectivity index (χ1v) is 7.09. The number of carbonyl (C=O) groups excluding carboxylic acids is 1. The fourth-order valence-electron chi connectivity index (χ4n) is 2.65. The Morgan fingerprint density at radius 3 is 2.70 bits per heavy atom. The summed E-state index contributed by atoms with van der Waals surface area (Å²) < 4.78 is 45.2. The molecule has 2 aliphatic heterocycles. The molecule has 1 N–H and O–H groups in total. The van der Waals surface area contributed by atoms with Crippen LogP contribution >= 0.6 is 0 Å². The molecule has 0 spiro atoms. The predicted octanol–water partition coefficient (Wildman–Crippen LogP) is 2.64. The number of ether oxygens (including phenoxy) is 2. The molecular formula is C15H15F3N2O3. The van der Waals surface area contributed by atoms with Gasteiger partial charge in [-0.1, -0.05) is 12.1 Å². The molecule has 2 aliphatic rings. The Balaban J connectivity index is 1.49. The third-order valence-corrected chi connectivity index (χ3v) is 3.77. The zero-order chi connectivity index (χ0) is 16.4. The zero-order valence-electron chi connectivity index (χ0n) is 12.1. The first-order valence-electron chi connectivity index (χ1n) is 7.09. The van der Waals surface area contributed by atoms with E-state index in [1.165, 1.54) is 29.8 Å². The van der Waals surface area contributed by atoms with E-state index in [9.17, 15) is 18.0 Å². The normalized spacial score (nSPS) is 19.9. The van der Waals surface area contributed by atoms with E-state index >= 15 is 0 Å². The Hall–Kier alpha value is -2.38. The van der Waals surface area contributed by atoms with Gasteiger partial charge < -0.3 is 19.7 Å². The molecule has 0 aliphatic carbocycles. The number of hydrogen-bond donors (Lipinski definition) is 1. The van der Waals surface area contributed by atoms with Crippen LogP contribution in [0.2, 0.25) is 0 Å². The highest BCUT2D eigenvalue weighted by Gasteiger charge is 2.33. The average molecular weight is 328 g/mol. The summed E-state index contributed by atoms with van der Waals surface area (Å²) >= 11 is 0.